The number of carbonyl (C=O) groups is 1. The summed E-state index contributed by atoms with van der Waals surface area (Å²) in [6.45, 7) is 6.21. The van der Waals surface area contributed by atoms with Crippen LogP contribution in [0.2, 0.25) is 5.02 Å². The molecule has 0 radical (unpaired) electrons. The minimum atomic E-state index is -3.83. The Kier molecular flexibility index (Phi) is 7.45. The Labute approximate surface area is 224 Å². The second-order valence-corrected chi connectivity index (χ2v) is 12.7. The molecule has 1 N–H and O–H groups in total. The molecule has 1 aliphatic heterocycles. The van der Waals surface area contributed by atoms with Gasteiger partial charge in [-0.3, -0.25) is 13.9 Å². The van der Waals surface area contributed by atoms with Crippen molar-refractivity contribution in [3.05, 3.63) is 45.0 Å². The van der Waals surface area contributed by atoms with Crippen LogP contribution in [0, 0.1) is 5.82 Å². The number of carbonyl (C=O) groups excluding carboxylic acids is 1. The SMILES string of the molecule is Cn1c(S(C)(=O)=O)nc2nc(N3CCC[C@@H](NC(=O)OC(C)(C)C)C3)n(Cc3cc(F)ccc3Cl)c2c1=O. The number of amides is 1. The summed E-state index contributed by atoms with van der Waals surface area (Å²) in [7, 11) is -2.51. The van der Waals surface area contributed by atoms with Gasteiger partial charge in [-0.05, 0) is 57.4 Å². The van der Waals surface area contributed by atoms with E-state index < -0.39 is 38.1 Å². The lowest BCUT2D eigenvalue weighted by Gasteiger charge is -2.34. The zero-order valence-corrected chi connectivity index (χ0v) is 23.4. The average molecular weight is 569 g/mol. The van der Waals surface area contributed by atoms with Gasteiger partial charge in [0.05, 0.1) is 6.54 Å². The number of hydrogen-bond donors (Lipinski definition) is 1. The summed E-state index contributed by atoms with van der Waals surface area (Å²) >= 11 is 6.34. The van der Waals surface area contributed by atoms with Crippen molar-refractivity contribution >= 4 is 44.6 Å². The monoisotopic (exact) mass is 568 g/mol. The molecule has 1 atom stereocenters. The molecule has 0 spiro atoms. The van der Waals surface area contributed by atoms with Crippen molar-refractivity contribution in [3.63, 3.8) is 0 Å². The van der Waals surface area contributed by atoms with Crippen LogP contribution in [0.1, 0.15) is 39.2 Å². The molecule has 14 heteroatoms. The molecule has 206 valence electrons. The number of anilines is 1. The Morgan fingerprint density at radius 2 is 2.00 bits per heavy atom. The molecule has 2 aromatic heterocycles. The number of piperidine rings is 1. The fraction of sp³-hybridized carbons (Fsp3) is 0.500. The predicted molar refractivity (Wildman–Crippen MR) is 141 cm³/mol. The van der Waals surface area contributed by atoms with Crippen molar-refractivity contribution in [1.82, 2.24) is 24.4 Å². The van der Waals surface area contributed by atoms with E-state index in [1.807, 2.05) is 4.90 Å². The maximum Gasteiger partial charge on any atom is 0.407 e. The van der Waals surface area contributed by atoms with Gasteiger partial charge in [0.2, 0.25) is 20.9 Å². The first kappa shape index (κ1) is 27.8. The highest BCUT2D eigenvalue weighted by atomic mass is 35.5. The van der Waals surface area contributed by atoms with E-state index in [0.717, 1.165) is 10.8 Å². The van der Waals surface area contributed by atoms with Gasteiger partial charge in [-0.1, -0.05) is 11.6 Å². The first-order chi connectivity index (χ1) is 17.6. The number of hydrogen-bond acceptors (Lipinski definition) is 8. The smallest absolute Gasteiger partial charge is 0.407 e. The Morgan fingerprint density at radius 3 is 2.66 bits per heavy atom. The minimum absolute atomic E-state index is 0.0156. The fourth-order valence-corrected chi connectivity index (χ4v) is 5.45. The van der Waals surface area contributed by atoms with Crippen LogP contribution in [-0.2, 0) is 28.2 Å². The van der Waals surface area contributed by atoms with Gasteiger partial charge >= 0.3 is 6.09 Å². The summed E-state index contributed by atoms with van der Waals surface area (Å²) in [6.07, 6.45) is 1.81. The lowest BCUT2D eigenvalue weighted by molar-refractivity contribution is 0.0499. The van der Waals surface area contributed by atoms with Crippen molar-refractivity contribution in [2.75, 3.05) is 24.2 Å². The third-order valence-corrected chi connectivity index (χ3v) is 7.41. The number of ether oxygens (including phenoxy) is 1. The number of sulfone groups is 1. The van der Waals surface area contributed by atoms with E-state index in [1.54, 1.807) is 25.3 Å². The molecule has 11 nitrogen and oxygen atoms in total. The number of fused-ring (bicyclic) bond motifs is 1. The van der Waals surface area contributed by atoms with Crippen LogP contribution in [-0.4, -0.2) is 64.6 Å². The first-order valence-electron chi connectivity index (χ1n) is 12.0. The molecule has 38 heavy (non-hydrogen) atoms. The highest BCUT2D eigenvalue weighted by Crippen LogP contribution is 2.27. The van der Waals surface area contributed by atoms with Gasteiger partial charge in [0.25, 0.3) is 5.56 Å². The molecule has 1 aromatic carbocycles. The molecule has 0 bridgehead atoms. The van der Waals surface area contributed by atoms with E-state index in [9.17, 15) is 22.4 Å². The van der Waals surface area contributed by atoms with Gasteiger partial charge in [-0.25, -0.2) is 17.6 Å². The van der Waals surface area contributed by atoms with Crippen LogP contribution in [0.15, 0.2) is 28.2 Å². The largest absolute Gasteiger partial charge is 0.444 e. The number of imidazole rings is 1. The van der Waals surface area contributed by atoms with Crippen molar-refractivity contribution in [2.24, 2.45) is 7.05 Å². The second kappa shape index (κ2) is 10.2. The predicted octanol–water partition coefficient (Wildman–Crippen LogP) is 2.87. The number of nitrogens with one attached hydrogen (secondary N) is 1. The van der Waals surface area contributed by atoms with Crippen molar-refractivity contribution < 1.29 is 22.3 Å². The zero-order chi connectivity index (χ0) is 28.0. The lowest BCUT2D eigenvalue weighted by atomic mass is 10.1. The number of nitrogens with zero attached hydrogens (tertiary/aromatic N) is 5. The molecule has 4 rings (SSSR count). The number of rotatable bonds is 5. The van der Waals surface area contributed by atoms with Crippen molar-refractivity contribution in [3.8, 4) is 0 Å². The van der Waals surface area contributed by atoms with E-state index in [1.165, 1.54) is 25.2 Å². The molecule has 0 unspecified atom stereocenters. The van der Waals surface area contributed by atoms with Crippen LogP contribution < -0.4 is 15.8 Å². The van der Waals surface area contributed by atoms with Gasteiger partial charge in [-0.15, -0.1) is 0 Å². The Morgan fingerprint density at radius 1 is 1.29 bits per heavy atom. The maximum atomic E-state index is 14.1. The van der Waals surface area contributed by atoms with Crippen LogP contribution in [0.3, 0.4) is 0 Å². The molecule has 0 aliphatic carbocycles. The molecule has 3 aromatic rings. The summed E-state index contributed by atoms with van der Waals surface area (Å²) in [4.78, 5) is 36.4. The molecule has 1 fully saturated rings. The number of alkyl carbamates (subject to hydrolysis) is 1. The standard InChI is InChI=1S/C24H30ClFN6O5S/c1-24(2,3)37-23(34)27-16-7-6-10-31(13-16)21-28-19-18(20(33)30(4)22(29-19)38(5,35)36)32(21)12-14-11-15(26)8-9-17(14)25/h8-9,11,16H,6-7,10,12-13H2,1-5H3,(H,27,34)/t16-/m1/s1. The maximum absolute atomic E-state index is 14.1. The summed E-state index contributed by atoms with van der Waals surface area (Å²) in [5.74, 6) is -0.174. The minimum Gasteiger partial charge on any atom is -0.444 e. The van der Waals surface area contributed by atoms with Gasteiger partial charge < -0.3 is 15.0 Å². The molecule has 1 aliphatic rings. The lowest BCUT2D eigenvalue weighted by Crippen LogP contribution is -2.49. The van der Waals surface area contributed by atoms with E-state index in [0.29, 0.717) is 42.5 Å². The molecular weight excluding hydrogens is 539 g/mol. The van der Waals surface area contributed by atoms with Crippen molar-refractivity contribution in [2.45, 2.75) is 57.0 Å². The molecule has 1 saturated heterocycles. The number of aromatic nitrogens is 4. The van der Waals surface area contributed by atoms with Crippen molar-refractivity contribution in [1.29, 1.82) is 0 Å². The summed E-state index contributed by atoms with van der Waals surface area (Å²) < 4.78 is 46.5. The van der Waals surface area contributed by atoms with Gasteiger partial charge in [-0.2, -0.15) is 9.97 Å². The fourth-order valence-electron chi connectivity index (χ4n) is 4.44. The zero-order valence-electron chi connectivity index (χ0n) is 21.8. The Bertz CT molecular complexity index is 1560. The normalized spacial score (nSPS) is 16.6. The van der Waals surface area contributed by atoms with Crippen LogP contribution in [0.25, 0.3) is 11.2 Å². The summed E-state index contributed by atoms with van der Waals surface area (Å²) in [5.41, 5.74) is -0.876. The summed E-state index contributed by atoms with van der Waals surface area (Å²) in [5, 5.41) is 2.75. The van der Waals surface area contributed by atoms with E-state index in [-0.39, 0.29) is 23.8 Å². The molecule has 1 amide bonds. The van der Waals surface area contributed by atoms with E-state index >= 15 is 0 Å². The van der Waals surface area contributed by atoms with Crippen LogP contribution >= 0.6 is 11.6 Å². The number of halogens is 2. The Hall–Kier alpha value is -3.19. The quantitative estimate of drug-likeness (QED) is 0.465. The van der Waals surface area contributed by atoms with Crippen LogP contribution in [0.4, 0.5) is 15.1 Å². The van der Waals surface area contributed by atoms with Gasteiger partial charge in [0, 0.05) is 37.5 Å². The number of benzene rings is 1. The van der Waals surface area contributed by atoms with Gasteiger partial charge in [0.15, 0.2) is 11.2 Å². The third kappa shape index (κ3) is 5.93. The van der Waals surface area contributed by atoms with E-state index in [4.69, 9.17) is 16.3 Å². The Balaban J connectivity index is 1.81. The summed E-state index contributed by atoms with van der Waals surface area (Å²) in [6, 6.07) is 3.65. The first-order valence-corrected chi connectivity index (χ1v) is 14.3. The highest BCUT2D eigenvalue weighted by molar-refractivity contribution is 7.90. The third-order valence-electron chi connectivity index (χ3n) is 6.02. The molecule has 0 saturated carbocycles. The van der Waals surface area contributed by atoms with Crippen LogP contribution in [0.5, 0.6) is 0 Å². The average Bonchev–Trinajstić information content (AvgIpc) is 3.15. The van der Waals surface area contributed by atoms with Gasteiger partial charge in [0.1, 0.15) is 11.4 Å². The second-order valence-electron chi connectivity index (χ2n) is 10.4. The van der Waals surface area contributed by atoms with E-state index in [2.05, 4.69) is 15.3 Å². The molecular formula is C24H30ClFN6O5S. The highest BCUT2D eigenvalue weighted by Gasteiger charge is 2.30. The topological polar surface area (TPSA) is 128 Å². The molecule has 3 heterocycles.